The Balaban J connectivity index is 1.82. The van der Waals surface area contributed by atoms with Crippen molar-refractivity contribution in [1.29, 1.82) is 0 Å². The van der Waals surface area contributed by atoms with Gasteiger partial charge in [0.2, 0.25) is 5.91 Å². The molecule has 0 saturated carbocycles. The molecule has 0 bridgehead atoms. The Kier molecular flexibility index (Phi) is 6.19. The van der Waals surface area contributed by atoms with Crippen LogP contribution < -0.4 is 4.90 Å². The van der Waals surface area contributed by atoms with Gasteiger partial charge in [0.15, 0.2) is 5.13 Å². The number of aromatic nitrogens is 1. The fraction of sp³-hybridized carbons (Fsp3) is 0.111. The zero-order chi connectivity index (χ0) is 18.7. The average Bonchev–Trinajstić information content (AvgIpc) is 3.04. The van der Waals surface area contributed by atoms with Crippen LogP contribution >= 0.6 is 46.3 Å². The highest BCUT2D eigenvalue weighted by atomic mass is 35.5. The molecule has 0 spiro atoms. The van der Waals surface area contributed by atoms with Gasteiger partial charge in [-0.2, -0.15) is 0 Å². The summed E-state index contributed by atoms with van der Waals surface area (Å²) in [5.74, 6) is -0.252. The Bertz CT molecular complexity index is 928. The molecule has 0 aliphatic rings. The van der Waals surface area contributed by atoms with Crippen LogP contribution in [0.3, 0.4) is 0 Å². The zero-order valence-corrected chi connectivity index (χ0v) is 16.7. The summed E-state index contributed by atoms with van der Waals surface area (Å²) < 4.78 is 14.1. The quantitative estimate of drug-likeness (QED) is 0.432. The van der Waals surface area contributed by atoms with Crippen LogP contribution in [0.15, 0.2) is 52.7 Å². The van der Waals surface area contributed by atoms with E-state index >= 15 is 0 Å². The van der Waals surface area contributed by atoms with E-state index in [0.717, 1.165) is 10.6 Å². The highest BCUT2D eigenvalue weighted by Crippen LogP contribution is 2.37. The van der Waals surface area contributed by atoms with Crippen molar-refractivity contribution < 1.29 is 9.18 Å². The Morgan fingerprint density at radius 2 is 1.88 bits per heavy atom. The summed E-state index contributed by atoms with van der Waals surface area (Å²) in [6.07, 6.45) is 0. The fourth-order valence-corrected chi connectivity index (χ4v) is 4.83. The van der Waals surface area contributed by atoms with Crippen molar-refractivity contribution in [3.63, 3.8) is 0 Å². The van der Waals surface area contributed by atoms with Gasteiger partial charge in [-0.25, -0.2) is 9.37 Å². The first-order chi connectivity index (χ1) is 12.5. The maximum atomic E-state index is 14.1. The molecule has 1 aromatic heterocycles. The van der Waals surface area contributed by atoms with Crippen molar-refractivity contribution in [3.8, 4) is 0 Å². The molecule has 8 heteroatoms. The maximum absolute atomic E-state index is 14.1. The van der Waals surface area contributed by atoms with Gasteiger partial charge >= 0.3 is 0 Å². The molecular weight excluding hydrogens is 414 g/mol. The minimum Gasteiger partial charge on any atom is -0.274 e. The summed E-state index contributed by atoms with van der Waals surface area (Å²) >= 11 is 15.1. The van der Waals surface area contributed by atoms with Crippen LogP contribution in [0.5, 0.6) is 0 Å². The number of nitrogens with zero attached hydrogens (tertiary/aromatic N) is 2. The topological polar surface area (TPSA) is 33.2 Å². The third kappa shape index (κ3) is 4.20. The van der Waals surface area contributed by atoms with Crippen molar-refractivity contribution in [1.82, 2.24) is 4.98 Å². The summed E-state index contributed by atoms with van der Waals surface area (Å²) in [5, 5.41) is 3.41. The number of carbonyl (C=O) groups excluding carboxylic acids is 1. The first kappa shape index (κ1) is 19.2. The maximum Gasteiger partial charge on any atom is 0.230 e. The predicted octanol–water partition coefficient (Wildman–Crippen LogP) is 6.57. The van der Waals surface area contributed by atoms with E-state index in [1.165, 1.54) is 41.0 Å². The highest BCUT2D eigenvalue weighted by molar-refractivity contribution is 7.98. The van der Waals surface area contributed by atoms with Gasteiger partial charge in [-0.3, -0.25) is 9.69 Å². The van der Waals surface area contributed by atoms with Gasteiger partial charge in [0.25, 0.3) is 0 Å². The first-order valence-electron chi connectivity index (χ1n) is 7.54. The number of carbonyl (C=O) groups is 1. The molecule has 26 heavy (non-hydrogen) atoms. The standard InChI is InChI=1S/C18H13Cl2FN2OS2/c1-11(24)23(16-8-3-2-7-15(16)21)18-22-12(10-26-18)9-25-17-13(19)5-4-6-14(17)20/h2-8,10H,9H2,1H3. The zero-order valence-electron chi connectivity index (χ0n) is 13.6. The van der Waals surface area contributed by atoms with E-state index in [-0.39, 0.29) is 11.6 Å². The largest absolute Gasteiger partial charge is 0.274 e. The van der Waals surface area contributed by atoms with E-state index in [4.69, 9.17) is 23.2 Å². The SMILES string of the molecule is CC(=O)N(c1nc(CSc2c(Cl)cccc2Cl)cs1)c1ccccc1F. The van der Waals surface area contributed by atoms with Crippen molar-refractivity contribution in [2.45, 2.75) is 17.6 Å². The molecule has 0 atom stereocenters. The third-order valence-electron chi connectivity index (χ3n) is 3.42. The number of thiazole rings is 1. The fourth-order valence-electron chi connectivity index (χ4n) is 2.27. The van der Waals surface area contributed by atoms with Crippen LogP contribution in [0.2, 0.25) is 10.0 Å². The van der Waals surface area contributed by atoms with Gasteiger partial charge in [-0.05, 0) is 24.3 Å². The number of hydrogen-bond donors (Lipinski definition) is 0. The van der Waals surface area contributed by atoms with E-state index in [9.17, 15) is 9.18 Å². The number of anilines is 2. The number of benzene rings is 2. The first-order valence-corrected chi connectivity index (χ1v) is 10.2. The van der Waals surface area contributed by atoms with E-state index in [1.54, 1.807) is 36.4 Å². The molecule has 3 rings (SSSR count). The van der Waals surface area contributed by atoms with Crippen LogP contribution in [0.1, 0.15) is 12.6 Å². The minimum atomic E-state index is -0.475. The van der Waals surface area contributed by atoms with Gasteiger partial charge in [0.05, 0.1) is 21.4 Å². The minimum absolute atomic E-state index is 0.183. The molecular formula is C18H13Cl2FN2OS2. The molecule has 1 amide bonds. The third-order valence-corrected chi connectivity index (χ3v) is 6.32. The molecule has 3 aromatic rings. The Hall–Kier alpha value is -1.60. The Morgan fingerprint density at radius 1 is 1.19 bits per heavy atom. The van der Waals surface area contributed by atoms with Crippen LogP contribution in [0, 0.1) is 5.82 Å². The molecule has 3 nitrogen and oxygen atoms in total. The number of thioether (sulfide) groups is 1. The van der Waals surface area contributed by atoms with Crippen molar-refractivity contribution in [3.05, 3.63) is 69.4 Å². The number of halogens is 3. The summed E-state index contributed by atoms with van der Waals surface area (Å²) in [6, 6.07) is 11.5. The van der Waals surface area contributed by atoms with Crippen LogP contribution in [-0.4, -0.2) is 10.9 Å². The molecule has 2 aromatic carbocycles. The van der Waals surface area contributed by atoms with Crippen LogP contribution in [0.4, 0.5) is 15.2 Å². The Labute approximate surface area is 168 Å². The summed E-state index contributed by atoms with van der Waals surface area (Å²) in [5.41, 5.74) is 0.941. The molecule has 0 N–H and O–H groups in total. The van der Waals surface area contributed by atoms with Crippen molar-refractivity contribution >= 4 is 63.0 Å². The van der Waals surface area contributed by atoms with Gasteiger partial charge in [0, 0.05) is 23.0 Å². The van der Waals surface area contributed by atoms with Gasteiger partial charge in [-0.1, -0.05) is 41.4 Å². The van der Waals surface area contributed by atoms with Gasteiger partial charge in [0.1, 0.15) is 5.82 Å². The predicted molar refractivity (Wildman–Crippen MR) is 107 cm³/mol. The smallest absolute Gasteiger partial charge is 0.230 e. The summed E-state index contributed by atoms with van der Waals surface area (Å²) in [7, 11) is 0. The molecule has 1 heterocycles. The van der Waals surface area contributed by atoms with E-state index in [1.807, 2.05) is 5.38 Å². The van der Waals surface area contributed by atoms with Crippen LogP contribution in [0.25, 0.3) is 0 Å². The van der Waals surface area contributed by atoms with E-state index in [0.29, 0.717) is 20.9 Å². The molecule has 0 radical (unpaired) electrons. The molecule has 0 aliphatic heterocycles. The van der Waals surface area contributed by atoms with Crippen molar-refractivity contribution in [2.24, 2.45) is 0 Å². The van der Waals surface area contributed by atoms with Crippen molar-refractivity contribution in [2.75, 3.05) is 4.90 Å². The number of amides is 1. The second-order valence-corrected chi connectivity index (χ2v) is 7.90. The monoisotopic (exact) mass is 426 g/mol. The lowest BCUT2D eigenvalue weighted by Gasteiger charge is -2.18. The molecule has 0 aliphatic carbocycles. The second kappa shape index (κ2) is 8.39. The lowest BCUT2D eigenvalue weighted by molar-refractivity contribution is -0.115. The number of para-hydroxylation sites is 1. The summed E-state index contributed by atoms with van der Waals surface area (Å²) in [6.45, 7) is 1.38. The lowest BCUT2D eigenvalue weighted by atomic mass is 10.3. The normalized spacial score (nSPS) is 10.8. The van der Waals surface area contributed by atoms with Crippen LogP contribution in [-0.2, 0) is 10.5 Å². The van der Waals surface area contributed by atoms with Gasteiger partial charge in [-0.15, -0.1) is 23.1 Å². The highest BCUT2D eigenvalue weighted by Gasteiger charge is 2.21. The molecule has 0 saturated heterocycles. The summed E-state index contributed by atoms with van der Waals surface area (Å²) in [4.78, 5) is 18.6. The van der Waals surface area contributed by atoms with E-state index < -0.39 is 5.82 Å². The number of hydrogen-bond acceptors (Lipinski definition) is 4. The van der Waals surface area contributed by atoms with Gasteiger partial charge < -0.3 is 0 Å². The molecule has 0 fully saturated rings. The second-order valence-electron chi connectivity index (χ2n) is 5.27. The average molecular weight is 427 g/mol. The Morgan fingerprint density at radius 3 is 2.54 bits per heavy atom. The molecule has 134 valence electrons. The molecule has 0 unspecified atom stereocenters. The number of rotatable bonds is 5. The van der Waals surface area contributed by atoms with E-state index in [2.05, 4.69) is 4.98 Å². The lowest BCUT2D eigenvalue weighted by Crippen LogP contribution is -2.23.